The van der Waals surface area contributed by atoms with Crippen LogP contribution in [0.4, 0.5) is 0 Å². The van der Waals surface area contributed by atoms with E-state index >= 15 is 0 Å². The first-order valence-electron chi connectivity index (χ1n) is 8.09. The van der Waals surface area contributed by atoms with Gasteiger partial charge in [0.25, 0.3) is 0 Å². The molecule has 0 bridgehead atoms. The zero-order valence-corrected chi connectivity index (χ0v) is 13.2. The molecule has 2 aliphatic heterocycles. The molecule has 0 radical (unpaired) electrons. The fourth-order valence-corrected chi connectivity index (χ4v) is 3.44. The molecule has 0 saturated carbocycles. The Balaban J connectivity index is 1.91. The number of unbranched alkanes of at least 4 members (excludes halogenated alkanes) is 3. The molecule has 0 aromatic carbocycles. The average molecular weight is 302 g/mol. The van der Waals surface area contributed by atoms with Crippen LogP contribution < -0.4 is 5.73 Å². The molecule has 0 spiro atoms. The third kappa shape index (κ3) is 4.15. The summed E-state index contributed by atoms with van der Waals surface area (Å²) in [6.07, 6.45) is 3.90. The number of aliphatic hydroxyl groups excluding tert-OH is 2. The minimum absolute atomic E-state index is 0.0273. The Labute approximate surface area is 127 Å². The third-order valence-electron chi connectivity index (χ3n) is 4.41. The predicted molar refractivity (Wildman–Crippen MR) is 79.6 cm³/mol. The average Bonchev–Trinajstić information content (AvgIpc) is 2.72. The molecule has 0 amide bonds. The van der Waals surface area contributed by atoms with Gasteiger partial charge < -0.3 is 25.4 Å². The zero-order valence-electron chi connectivity index (χ0n) is 13.2. The number of piperidine rings is 1. The van der Waals surface area contributed by atoms with E-state index in [1.54, 1.807) is 0 Å². The molecule has 2 saturated heterocycles. The van der Waals surface area contributed by atoms with Gasteiger partial charge in [-0.3, -0.25) is 4.90 Å². The van der Waals surface area contributed by atoms with E-state index in [-0.39, 0.29) is 24.9 Å². The van der Waals surface area contributed by atoms with E-state index in [9.17, 15) is 10.2 Å². The molecule has 21 heavy (non-hydrogen) atoms. The number of aliphatic hydroxyl groups is 2. The minimum atomic E-state index is -0.639. The molecule has 0 aliphatic carbocycles. The monoisotopic (exact) mass is 302 g/mol. The van der Waals surface area contributed by atoms with E-state index in [1.165, 1.54) is 0 Å². The Morgan fingerprint density at radius 1 is 1.19 bits per heavy atom. The molecule has 6 nitrogen and oxygen atoms in total. The number of nitrogens with zero attached hydrogens (tertiary/aromatic N) is 1. The molecule has 4 atom stereocenters. The second kappa shape index (κ2) is 7.35. The van der Waals surface area contributed by atoms with Gasteiger partial charge >= 0.3 is 0 Å². The Morgan fingerprint density at radius 2 is 1.90 bits per heavy atom. The smallest absolute Gasteiger partial charge is 0.163 e. The predicted octanol–water partition coefficient (Wildman–Crippen LogP) is 0.411. The van der Waals surface area contributed by atoms with Crippen molar-refractivity contribution >= 4 is 0 Å². The maximum absolute atomic E-state index is 10.3. The summed E-state index contributed by atoms with van der Waals surface area (Å²) in [7, 11) is 0. The Morgan fingerprint density at radius 3 is 2.57 bits per heavy atom. The first-order chi connectivity index (χ1) is 9.98. The first-order valence-corrected chi connectivity index (χ1v) is 8.09. The minimum Gasteiger partial charge on any atom is -0.395 e. The van der Waals surface area contributed by atoms with E-state index in [0.717, 1.165) is 38.8 Å². The van der Waals surface area contributed by atoms with Gasteiger partial charge in [0.1, 0.15) is 12.3 Å². The van der Waals surface area contributed by atoms with E-state index in [0.29, 0.717) is 6.42 Å². The van der Waals surface area contributed by atoms with Crippen molar-refractivity contribution in [3.05, 3.63) is 0 Å². The van der Waals surface area contributed by atoms with E-state index < -0.39 is 12.0 Å². The maximum Gasteiger partial charge on any atom is 0.163 e. The molecule has 124 valence electrons. The number of fused-ring (bicyclic) bond motifs is 1. The van der Waals surface area contributed by atoms with Crippen LogP contribution in [0.25, 0.3) is 0 Å². The van der Waals surface area contributed by atoms with Crippen LogP contribution in [0.3, 0.4) is 0 Å². The number of rotatable bonds is 7. The SMILES string of the molecule is CC1(C)O[C@H]2[C@@H](CO)N(CCCCCCN)[C@H](O)C[C@H]2O1. The standard InChI is InChI=1S/C15H30N2O4/c1-15(2)20-12-9-13(19)17(8-6-4-3-5-7-16)11(10-18)14(12)21-15/h11-14,18-19H,3-10,16H2,1-2H3/t11-,12-,13-,14+/m1/s1. The molecule has 4 N–H and O–H groups in total. The summed E-state index contributed by atoms with van der Waals surface area (Å²) >= 11 is 0. The van der Waals surface area contributed by atoms with E-state index in [4.69, 9.17) is 15.2 Å². The molecule has 2 rings (SSSR count). The molecule has 2 aliphatic rings. The Bertz CT molecular complexity index is 327. The summed E-state index contributed by atoms with van der Waals surface area (Å²) in [5.74, 6) is -0.639. The van der Waals surface area contributed by atoms with Gasteiger partial charge in [-0.1, -0.05) is 12.8 Å². The molecule has 0 aromatic rings. The van der Waals surface area contributed by atoms with Crippen molar-refractivity contribution in [2.75, 3.05) is 19.7 Å². The Kier molecular flexibility index (Phi) is 5.99. The fraction of sp³-hybridized carbons (Fsp3) is 1.00. The molecule has 0 aromatic heterocycles. The van der Waals surface area contributed by atoms with Gasteiger partial charge in [0.05, 0.1) is 18.8 Å². The van der Waals surface area contributed by atoms with Crippen LogP contribution in [-0.2, 0) is 9.47 Å². The van der Waals surface area contributed by atoms with Crippen LogP contribution in [0.2, 0.25) is 0 Å². The summed E-state index contributed by atoms with van der Waals surface area (Å²) < 4.78 is 11.8. The molecule has 2 fully saturated rings. The van der Waals surface area contributed by atoms with Gasteiger partial charge in [-0.2, -0.15) is 0 Å². The summed E-state index contributed by atoms with van der Waals surface area (Å²) in [6, 6.07) is -0.199. The zero-order chi connectivity index (χ0) is 15.5. The van der Waals surface area contributed by atoms with Crippen LogP contribution in [0.15, 0.2) is 0 Å². The highest BCUT2D eigenvalue weighted by molar-refractivity contribution is 4.97. The van der Waals surface area contributed by atoms with Crippen molar-refractivity contribution in [3.63, 3.8) is 0 Å². The van der Waals surface area contributed by atoms with Gasteiger partial charge in [-0.15, -0.1) is 0 Å². The lowest BCUT2D eigenvalue weighted by atomic mass is 9.94. The molecule has 2 heterocycles. The normalized spacial score (nSPS) is 35.9. The van der Waals surface area contributed by atoms with E-state index in [1.807, 2.05) is 18.7 Å². The van der Waals surface area contributed by atoms with Crippen LogP contribution >= 0.6 is 0 Å². The molecular weight excluding hydrogens is 272 g/mol. The maximum atomic E-state index is 10.3. The first kappa shape index (κ1) is 17.1. The number of hydrogen-bond acceptors (Lipinski definition) is 6. The van der Waals surface area contributed by atoms with Crippen molar-refractivity contribution in [2.24, 2.45) is 5.73 Å². The second-order valence-corrected chi connectivity index (χ2v) is 6.55. The number of ether oxygens (including phenoxy) is 2. The lowest BCUT2D eigenvalue weighted by molar-refractivity contribution is -0.151. The molecular formula is C15H30N2O4. The van der Waals surface area contributed by atoms with Crippen LogP contribution in [-0.4, -0.2) is 65.1 Å². The third-order valence-corrected chi connectivity index (χ3v) is 4.41. The van der Waals surface area contributed by atoms with E-state index in [2.05, 4.69) is 0 Å². The van der Waals surface area contributed by atoms with Crippen molar-refractivity contribution in [1.82, 2.24) is 4.90 Å². The fourth-order valence-electron chi connectivity index (χ4n) is 3.44. The summed E-state index contributed by atoms with van der Waals surface area (Å²) in [5.41, 5.74) is 5.49. The van der Waals surface area contributed by atoms with Crippen LogP contribution in [0.5, 0.6) is 0 Å². The quantitative estimate of drug-likeness (QED) is 0.590. The van der Waals surface area contributed by atoms with Crippen molar-refractivity contribution < 1.29 is 19.7 Å². The van der Waals surface area contributed by atoms with Crippen LogP contribution in [0.1, 0.15) is 46.0 Å². The van der Waals surface area contributed by atoms with Gasteiger partial charge in [-0.05, 0) is 33.2 Å². The summed E-state index contributed by atoms with van der Waals surface area (Å²) in [4.78, 5) is 1.97. The van der Waals surface area contributed by atoms with Crippen molar-refractivity contribution in [2.45, 2.75) is 76.2 Å². The number of nitrogens with two attached hydrogens (primary N) is 1. The Hall–Kier alpha value is -0.240. The lowest BCUT2D eigenvalue weighted by Gasteiger charge is -2.43. The number of hydrogen-bond donors (Lipinski definition) is 3. The number of likely N-dealkylation sites (tertiary alicyclic amines) is 1. The van der Waals surface area contributed by atoms with Crippen molar-refractivity contribution in [3.8, 4) is 0 Å². The van der Waals surface area contributed by atoms with Gasteiger partial charge in [0.15, 0.2) is 5.79 Å². The topological polar surface area (TPSA) is 88.2 Å². The highest BCUT2D eigenvalue weighted by Crippen LogP contribution is 2.37. The van der Waals surface area contributed by atoms with Crippen LogP contribution in [0, 0.1) is 0 Å². The van der Waals surface area contributed by atoms with Crippen molar-refractivity contribution in [1.29, 1.82) is 0 Å². The molecule has 0 unspecified atom stereocenters. The van der Waals surface area contributed by atoms with Gasteiger partial charge in [0.2, 0.25) is 0 Å². The highest BCUT2D eigenvalue weighted by atomic mass is 16.8. The molecule has 6 heteroatoms. The lowest BCUT2D eigenvalue weighted by Crippen LogP contribution is -2.59. The second-order valence-electron chi connectivity index (χ2n) is 6.55. The van der Waals surface area contributed by atoms with Gasteiger partial charge in [0, 0.05) is 13.0 Å². The highest BCUT2D eigenvalue weighted by Gasteiger charge is 2.51. The summed E-state index contributed by atoms with van der Waals surface area (Å²) in [5, 5.41) is 20.1. The largest absolute Gasteiger partial charge is 0.395 e. The summed E-state index contributed by atoms with van der Waals surface area (Å²) in [6.45, 7) is 5.23. The van der Waals surface area contributed by atoms with Gasteiger partial charge in [-0.25, -0.2) is 0 Å².